The molecular weight excluding hydrogens is 251 g/mol. The SMILES string of the molecule is CC(N)(Cc1c(F)cccc1F)c1ccc(F)cc1. The van der Waals surface area contributed by atoms with Gasteiger partial charge in [-0.3, -0.25) is 0 Å². The van der Waals surface area contributed by atoms with Crippen LogP contribution in [0.4, 0.5) is 13.2 Å². The molecule has 0 aliphatic rings. The van der Waals surface area contributed by atoms with Crippen LogP contribution in [-0.2, 0) is 12.0 Å². The molecule has 0 spiro atoms. The molecule has 2 aromatic rings. The van der Waals surface area contributed by atoms with Crippen molar-refractivity contribution < 1.29 is 13.2 Å². The van der Waals surface area contributed by atoms with Crippen molar-refractivity contribution in [2.45, 2.75) is 18.9 Å². The molecule has 2 rings (SSSR count). The van der Waals surface area contributed by atoms with Gasteiger partial charge < -0.3 is 5.73 Å². The Balaban J connectivity index is 2.33. The van der Waals surface area contributed by atoms with Crippen LogP contribution in [0.15, 0.2) is 42.5 Å². The number of hydrogen-bond donors (Lipinski definition) is 1. The lowest BCUT2D eigenvalue weighted by molar-refractivity contribution is 0.454. The first-order valence-corrected chi connectivity index (χ1v) is 5.88. The molecule has 0 radical (unpaired) electrons. The van der Waals surface area contributed by atoms with Crippen molar-refractivity contribution in [1.82, 2.24) is 0 Å². The van der Waals surface area contributed by atoms with Crippen LogP contribution in [0.1, 0.15) is 18.1 Å². The normalized spacial score (nSPS) is 14.2. The predicted molar refractivity (Wildman–Crippen MR) is 68.0 cm³/mol. The first kappa shape index (κ1) is 13.6. The van der Waals surface area contributed by atoms with Crippen molar-refractivity contribution in [3.8, 4) is 0 Å². The van der Waals surface area contributed by atoms with Crippen LogP contribution in [0.2, 0.25) is 0 Å². The minimum atomic E-state index is -0.975. The molecule has 0 aromatic heterocycles. The molecule has 0 fully saturated rings. The molecule has 0 amide bonds. The minimum absolute atomic E-state index is 0.00284. The van der Waals surface area contributed by atoms with Crippen LogP contribution in [0.25, 0.3) is 0 Å². The molecular formula is C15H14F3N. The molecule has 0 saturated heterocycles. The quantitative estimate of drug-likeness (QED) is 0.902. The third kappa shape index (κ3) is 2.96. The summed E-state index contributed by atoms with van der Waals surface area (Å²) in [6, 6.07) is 9.29. The van der Waals surface area contributed by atoms with Crippen LogP contribution in [0.5, 0.6) is 0 Å². The maximum absolute atomic E-state index is 13.6. The van der Waals surface area contributed by atoms with Gasteiger partial charge in [-0.15, -0.1) is 0 Å². The van der Waals surface area contributed by atoms with E-state index >= 15 is 0 Å². The number of hydrogen-bond acceptors (Lipinski definition) is 1. The fourth-order valence-electron chi connectivity index (χ4n) is 2.00. The van der Waals surface area contributed by atoms with Gasteiger partial charge in [0.15, 0.2) is 0 Å². The number of rotatable bonds is 3. The van der Waals surface area contributed by atoms with Gasteiger partial charge in [0.1, 0.15) is 17.5 Å². The molecule has 2 N–H and O–H groups in total. The standard InChI is InChI=1S/C15H14F3N/c1-15(19,10-5-7-11(16)8-6-10)9-12-13(17)3-2-4-14(12)18/h2-8H,9,19H2,1H3. The van der Waals surface area contributed by atoms with Crippen molar-refractivity contribution in [2.24, 2.45) is 5.73 Å². The summed E-state index contributed by atoms with van der Waals surface area (Å²) >= 11 is 0. The van der Waals surface area contributed by atoms with Crippen molar-refractivity contribution in [3.05, 3.63) is 71.0 Å². The largest absolute Gasteiger partial charge is 0.321 e. The average molecular weight is 265 g/mol. The highest BCUT2D eigenvalue weighted by molar-refractivity contribution is 5.29. The van der Waals surface area contributed by atoms with E-state index in [1.54, 1.807) is 6.92 Å². The van der Waals surface area contributed by atoms with Gasteiger partial charge in [0.05, 0.1) is 0 Å². The summed E-state index contributed by atoms with van der Waals surface area (Å²) in [6.45, 7) is 1.66. The van der Waals surface area contributed by atoms with Gasteiger partial charge in [0, 0.05) is 17.5 Å². The number of benzene rings is 2. The topological polar surface area (TPSA) is 26.0 Å². The van der Waals surface area contributed by atoms with Crippen molar-refractivity contribution in [3.63, 3.8) is 0 Å². The monoisotopic (exact) mass is 265 g/mol. The highest BCUT2D eigenvalue weighted by Crippen LogP contribution is 2.25. The molecule has 100 valence electrons. The molecule has 0 bridgehead atoms. The Morgan fingerprint density at radius 2 is 1.47 bits per heavy atom. The smallest absolute Gasteiger partial charge is 0.129 e. The maximum Gasteiger partial charge on any atom is 0.129 e. The van der Waals surface area contributed by atoms with Gasteiger partial charge in [-0.25, -0.2) is 13.2 Å². The highest BCUT2D eigenvalue weighted by Gasteiger charge is 2.25. The van der Waals surface area contributed by atoms with Crippen LogP contribution >= 0.6 is 0 Å². The second-order valence-corrected chi connectivity index (χ2v) is 4.80. The van der Waals surface area contributed by atoms with E-state index in [0.29, 0.717) is 5.56 Å². The van der Waals surface area contributed by atoms with Gasteiger partial charge >= 0.3 is 0 Å². The minimum Gasteiger partial charge on any atom is -0.321 e. The maximum atomic E-state index is 13.6. The zero-order valence-electron chi connectivity index (χ0n) is 10.5. The lowest BCUT2D eigenvalue weighted by Gasteiger charge is -2.26. The van der Waals surface area contributed by atoms with Gasteiger partial charge in [0.2, 0.25) is 0 Å². The third-order valence-corrected chi connectivity index (χ3v) is 3.11. The first-order chi connectivity index (χ1) is 8.90. The first-order valence-electron chi connectivity index (χ1n) is 5.88. The molecule has 1 nitrogen and oxygen atoms in total. The Kier molecular flexibility index (Phi) is 3.62. The van der Waals surface area contributed by atoms with Crippen LogP contribution < -0.4 is 5.73 Å². The highest BCUT2D eigenvalue weighted by atomic mass is 19.1. The summed E-state index contributed by atoms with van der Waals surface area (Å²) in [4.78, 5) is 0. The predicted octanol–water partition coefficient (Wildman–Crippen LogP) is 3.52. The molecule has 0 aliphatic heterocycles. The summed E-state index contributed by atoms with van der Waals surface area (Å²) in [6.07, 6.45) is -0.00284. The Bertz CT molecular complexity index is 556. The van der Waals surface area contributed by atoms with Gasteiger partial charge in [-0.05, 0) is 36.8 Å². The van der Waals surface area contributed by atoms with E-state index in [2.05, 4.69) is 0 Å². The van der Waals surface area contributed by atoms with Crippen molar-refractivity contribution >= 4 is 0 Å². The number of halogens is 3. The molecule has 0 heterocycles. The van der Waals surface area contributed by atoms with Gasteiger partial charge in [-0.1, -0.05) is 18.2 Å². The summed E-state index contributed by atoms with van der Waals surface area (Å²) in [5, 5.41) is 0. The molecule has 19 heavy (non-hydrogen) atoms. The van der Waals surface area contributed by atoms with E-state index in [-0.39, 0.29) is 17.8 Å². The molecule has 0 saturated carbocycles. The van der Waals surface area contributed by atoms with Crippen LogP contribution in [0.3, 0.4) is 0 Å². The summed E-state index contributed by atoms with van der Waals surface area (Å²) in [7, 11) is 0. The van der Waals surface area contributed by atoms with E-state index in [4.69, 9.17) is 5.73 Å². The molecule has 4 heteroatoms. The third-order valence-electron chi connectivity index (χ3n) is 3.11. The molecule has 1 unspecified atom stereocenters. The van der Waals surface area contributed by atoms with Gasteiger partial charge in [-0.2, -0.15) is 0 Å². The summed E-state index contributed by atoms with van der Waals surface area (Å²) in [5.74, 6) is -1.63. The second kappa shape index (κ2) is 5.05. The van der Waals surface area contributed by atoms with E-state index < -0.39 is 17.2 Å². The van der Waals surface area contributed by atoms with Gasteiger partial charge in [0.25, 0.3) is 0 Å². The van der Waals surface area contributed by atoms with Crippen molar-refractivity contribution in [2.75, 3.05) is 0 Å². The Hall–Kier alpha value is -1.81. The summed E-state index contributed by atoms with van der Waals surface area (Å²) < 4.78 is 40.1. The van der Waals surface area contributed by atoms with E-state index in [1.165, 1.54) is 42.5 Å². The molecule has 1 atom stereocenters. The van der Waals surface area contributed by atoms with Crippen LogP contribution in [0, 0.1) is 17.5 Å². The Morgan fingerprint density at radius 3 is 2.00 bits per heavy atom. The van der Waals surface area contributed by atoms with Crippen LogP contribution in [-0.4, -0.2) is 0 Å². The van der Waals surface area contributed by atoms with E-state index in [9.17, 15) is 13.2 Å². The fraction of sp³-hybridized carbons (Fsp3) is 0.200. The average Bonchev–Trinajstić information content (AvgIpc) is 2.35. The zero-order valence-corrected chi connectivity index (χ0v) is 10.5. The molecule has 0 aliphatic carbocycles. The Morgan fingerprint density at radius 1 is 0.947 bits per heavy atom. The van der Waals surface area contributed by atoms with E-state index in [1.807, 2.05) is 0 Å². The fourth-order valence-corrected chi connectivity index (χ4v) is 2.00. The van der Waals surface area contributed by atoms with Crippen molar-refractivity contribution in [1.29, 1.82) is 0 Å². The number of nitrogens with two attached hydrogens (primary N) is 1. The lowest BCUT2D eigenvalue weighted by atomic mass is 9.86. The molecule has 2 aromatic carbocycles. The zero-order chi connectivity index (χ0) is 14.0. The van der Waals surface area contributed by atoms with E-state index in [0.717, 1.165) is 0 Å². The Labute approximate surface area is 109 Å². The summed E-state index contributed by atoms with van der Waals surface area (Å²) in [5.41, 5.74) is 5.69. The second-order valence-electron chi connectivity index (χ2n) is 4.80. The lowest BCUT2D eigenvalue weighted by Crippen LogP contribution is -2.36.